The van der Waals surface area contributed by atoms with Gasteiger partial charge in [0.15, 0.2) is 0 Å². The van der Waals surface area contributed by atoms with Gasteiger partial charge in [-0.3, -0.25) is 0 Å². The first kappa shape index (κ1) is 18.2. The molecule has 25 heavy (non-hydrogen) atoms. The molecule has 6 heteroatoms. The zero-order valence-electron chi connectivity index (χ0n) is 14.6. The Morgan fingerprint density at radius 2 is 1.36 bits per heavy atom. The SMILES string of the molecule is COc1cc(OC)cc(OC(=O)/C=C/c2cc(OC)ccc2OC)c1. The first-order valence-corrected chi connectivity index (χ1v) is 7.44. The molecule has 0 aliphatic heterocycles. The summed E-state index contributed by atoms with van der Waals surface area (Å²) in [4.78, 5) is 12.1. The van der Waals surface area contributed by atoms with E-state index in [-0.39, 0.29) is 0 Å². The van der Waals surface area contributed by atoms with E-state index in [9.17, 15) is 4.79 Å². The second-order valence-corrected chi connectivity index (χ2v) is 4.91. The molecule has 2 aromatic carbocycles. The predicted octanol–water partition coefficient (Wildman–Crippen LogP) is 3.34. The van der Waals surface area contributed by atoms with E-state index in [1.54, 1.807) is 56.7 Å². The van der Waals surface area contributed by atoms with Gasteiger partial charge in [0, 0.05) is 29.8 Å². The van der Waals surface area contributed by atoms with E-state index in [2.05, 4.69) is 0 Å². The van der Waals surface area contributed by atoms with Crippen LogP contribution in [0.1, 0.15) is 5.56 Å². The fourth-order valence-corrected chi connectivity index (χ4v) is 2.12. The molecule has 0 aliphatic rings. The minimum Gasteiger partial charge on any atom is -0.497 e. The van der Waals surface area contributed by atoms with Gasteiger partial charge in [-0.1, -0.05) is 0 Å². The topological polar surface area (TPSA) is 63.2 Å². The van der Waals surface area contributed by atoms with Crippen LogP contribution in [-0.4, -0.2) is 34.4 Å². The second kappa shape index (κ2) is 8.63. The number of carbonyl (C=O) groups is 1. The van der Waals surface area contributed by atoms with Gasteiger partial charge in [0.05, 0.1) is 28.4 Å². The molecule has 0 saturated carbocycles. The first-order valence-electron chi connectivity index (χ1n) is 7.44. The number of esters is 1. The van der Waals surface area contributed by atoms with Crippen molar-refractivity contribution >= 4 is 12.0 Å². The van der Waals surface area contributed by atoms with Crippen LogP contribution in [0.4, 0.5) is 0 Å². The second-order valence-electron chi connectivity index (χ2n) is 4.91. The van der Waals surface area contributed by atoms with Crippen molar-refractivity contribution in [1.82, 2.24) is 0 Å². The lowest BCUT2D eigenvalue weighted by Crippen LogP contribution is -2.04. The van der Waals surface area contributed by atoms with Gasteiger partial charge in [-0.2, -0.15) is 0 Å². The summed E-state index contributed by atoms with van der Waals surface area (Å²) in [6.07, 6.45) is 2.91. The van der Waals surface area contributed by atoms with Gasteiger partial charge in [-0.15, -0.1) is 0 Å². The fourth-order valence-electron chi connectivity index (χ4n) is 2.12. The normalized spacial score (nSPS) is 10.4. The molecule has 0 N–H and O–H groups in total. The molecule has 0 atom stereocenters. The minimum atomic E-state index is -0.542. The molecule has 0 bridgehead atoms. The third-order valence-electron chi connectivity index (χ3n) is 3.38. The van der Waals surface area contributed by atoms with Crippen molar-refractivity contribution in [2.75, 3.05) is 28.4 Å². The highest BCUT2D eigenvalue weighted by Gasteiger charge is 2.07. The molecule has 6 nitrogen and oxygen atoms in total. The molecule has 0 amide bonds. The number of ether oxygens (including phenoxy) is 5. The highest BCUT2D eigenvalue weighted by atomic mass is 16.5. The average molecular weight is 344 g/mol. The Bertz CT molecular complexity index is 744. The molecule has 0 unspecified atom stereocenters. The van der Waals surface area contributed by atoms with Gasteiger partial charge in [-0.25, -0.2) is 4.79 Å². The van der Waals surface area contributed by atoms with Gasteiger partial charge in [-0.05, 0) is 24.3 Å². The Morgan fingerprint density at radius 1 is 0.760 bits per heavy atom. The monoisotopic (exact) mass is 344 g/mol. The number of methoxy groups -OCH3 is 4. The molecule has 132 valence electrons. The molecular formula is C19H20O6. The maximum Gasteiger partial charge on any atom is 0.336 e. The number of hydrogen-bond donors (Lipinski definition) is 0. The summed E-state index contributed by atoms with van der Waals surface area (Å²) in [7, 11) is 6.17. The van der Waals surface area contributed by atoms with E-state index in [4.69, 9.17) is 23.7 Å². The van der Waals surface area contributed by atoms with Crippen molar-refractivity contribution in [2.45, 2.75) is 0 Å². The lowest BCUT2D eigenvalue weighted by Gasteiger charge is -2.08. The lowest BCUT2D eigenvalue weighted by atomic mass is 10.1. The largest absolute Gasteiger partial charge is 0.497 e. The average Bonchev–Trinajstić information content (AvgIpc) is 2.65. The number of benzene rings is 2. The zero-order valence-corrected chi connectivity index (χ0v) is 14.6. The van der Waals surface area contributed by atoms with Gasteiger partial charge in [0.25, 0.3) is 0 Å². The van der Waals surface area contributed by atoms with Crippen LogP contribution in [0.25, 0.3) is 6.08 Å². The van der Waals surface area contributed by atoms with Crippen LogP contribution in [0.3, 0.4) is 0 Å². The summed E-state index contributed by atoms with van der Waals surface area (Å²) in [5, 5.41) is 0. The van der Waals surface area contributed by atoms with Crippen molar-refractivity contribution in [2.24, 2.45) is 0 Å². The fraction of sp³-hybridized carbons (Fsp3) is 0.211. The van der Waals surface area contributed by atoms with E-state index in [1.807, 2.05) is 0 Å². The first-order chi connectivity index (χ1) is 12.1. The van der Waals surface area contributed by atoms with Crippen LogP contribution in [0.15, 0.2) is 42.5 Å². The van der Waals surface area contributed by atoms with E-state index in [0.717, 1.165) is 0 Å². The summed E-state index contributed by atoms with van der Waals surface area (Å²) in [6, 6.07) is 10.2. The summed E-state index contributed by atoms with van der Waals surface area (Å²) >= 11 is 0. The summed E-state index contributed by atoms with van der Waals surface area (Å²) in [5.41, 5.74) is 0.696. The van der Waals surface area contributed by atoms with Crippen LogP contribution in [0.2, 0.25) is 0 Å². The van der Waals surface area contributed by atoms with E-state index < -0.39 is 5.97 Å². The smallest absolute Gasteiger partial charge is 0.336 e. The minimum absolute atomic E-state index is 0.323. The molecule has 2 aromatic rings. The third-order valence-corrected chi connectivity index (χ3v) is 3.38. The van der Waals surface area contributed by atoms with Gasteiger partial charge < -0.3 is 23.7 Å². The molecule has 0 heterocycles. The van der Waals surface area contributed by atoms with Crippen LogP contribution in [0.5, 0.6) is 28.7 Å². The van der Waals surface area contributed by atoms with Crippen molar-refractivity contribution < 1.29 is 28.5 Å². The molecule has 0 aliphatic carbocycles. The van der Waals surface area contributed by atoms with Crippen molar-refractivity contribution in [3.63, 3.8) is 0 Å². The summed E-state index contributed by atoms with van der Waals surface area (Å²) < 4.78 is 26.0. The molecular weight excluding hydrogens is 324 g/mol. The van der Waals surface area contributed by atoms with Gasteiger partial charge >= 0.3 is 5.97 Å². The number of carbonyl (C=O) groups excluding carboxylic acids is 1. The maximum absolute atomic E-state index is 12.1. The molecule has 0 aromatic heterocycles. The van der Waals surface area contributed by atoms with Crippen molar-refractivity contribution in [3.05, 3.63) is 48.0 Å². The van der Waals surface area contributed by atoms with Gasteiger partial charge in [0.1, 0.15) is 28.7 Å². The molecule has 0 spiro atoms. The van der Waals surface area contributed by atoms with E-state index >= 15 is 0 Å². The highest BCUT2D eigenvalue weighted by molar-refractivity contribution is 5.89. The van der Waals surface area contributed by atoms with Crippen LogP contribution in [0, 0.1) is 0 Å². The summed E-state index contributed by atoms with van der Waals surface area (Å²) in [6.45, 7) is 0. The zero-order chi connectivity index (χ0) is 18.2. The van der Waals surface area contributed by atoms with Gasteiger partial charge in [0.2, 0.25) is 0 Å². The predicted molar refractivity (Wildman–Crippen MR) is 93.8 cm³/mol. The standard InChI is InChI=1S/C19H20O6/c1-21-14-6-7-18(24-4)13(9-14)5-8-19(20)25-17-11-15(22-2)10-16(12-17)23-3/h5-12H,1-4H3/b8-5+. The van der Waals surface area contributed by atoms with Crippen LogP contribution < -0.4 is 23.7 Å². The maximum atomic E-state index is 12.1. The highest BCUT2D eigenvalue weighted by Crippen LogP contribution is 2.28. The summed E-state index contributed by atoms with van der Waals surface area (Å²) in [5.74, 6) is 2.11. The molecule has 0 saturated heterocycles. The quantitative estimate of drug-likeness (QED) is 0.436. The Balaban J connectivity index is 2.16. The van der Waals surface area contributed by atoms with Crippen LogP contribution >= 0.6 is 0 Å². The van der Waals surface area contributed by atoms with E-state index in [0.29, 0.717) is 34.3 Å². The number of hydrogen-bond acceptors (Lipinski definition) is 6. The van der Waals surface area contributed by atoms with Crippen LogP contribution in [-0.2, 0) is 4.79 Å². The Labute approximate surface area is 146 Å². The molecule has 0 fully saturated rings. The molecule has 2 rings (SSSR count). The van der Waals surface area contributed by atoms with E-state index in [1.165, 1.54) is 20.3 Å². The van der Waals surface area contributed by atoms with Crippen molar-refractivity contribution in [1.29, 1.82) is 0 Å². The third kappa shape index (κ3) is 4.91. The number of rotatable bonds is 7. The lowest BCUT2D eigenvalue weighted by molar-refractivity contribution is -0.128. The Hall–Kier alpha value is -3.15. The molecule has 0 radical (unpaired) electrons. The Morgan fingerprint density at radius 3 is 1.92 bits per heavy atom. The van der Waals surface area contributed by atoms with Crippen molar-refractivity contribution in [3.8, 4) is 28.7 Å². The Kier molecular flexibility index (Phi) is 6.28.